The van der Waals surface area contributed by atoms with Crippen molar-refractivity contribution in [2.45, 2.75) is 0 Å². The molecule has 0 saturated heterocycles. The Morgan fingerprint density at radius 2 is 0.610 bits per heavy atom. The number of hydrogen-bond acceptors (Lipinski definition) is 2. The highest BCUT2D eigenvalue weighted by molar-refractivity contribution is 6.19. The van der Waals surface area contributed by atoms with E-state index in [-0.39, 0.29) is 0 Å². The minimum atomic E-state index is 0.793. The summed E-state index contributed by atoms with van der Waals surface area (Å²) < 4.78 is 9.89. The van der Waals surface area contributed by atoms with Gasteiger partial charge in [0.05, 0.1) is 84.0 Å². The summed E-state index contributed by atoms with van der Waals surface area (Å²) in [6.07, 6.45) is 1.85. The van der Waals surface area contributed by atoms with Crippen molar-refractivity contribution in [2.24, 2.45) is 0 Å². The van der Waals surface area contributed by atoms with E-state index in [4.69, 9.17) is 9.97 Å². The van der Waals surface area contributed by atoms with Crippen LogP contribution in [0, 0.1) is 0 Å². The van der Waals surface area contributed by atoms with Crippen molar-refractivity contribution < 1.29 is 0 Å². The third kappa shape index (κ3) is 6.82. The summed E-state index contributed by atoms with van der Waals surface area (Å²) in [6.45, 7) is 0. The number of pyridine rings is 2. The van der Waals surface area contributed by atoms with Gasteiger partial charge in [-0.05, 0) is 114 Å². The van der Waals surface area contributed by atoms with E-state index in [0.717, 1.165) is 95.1 Å². The second-order valence-corrected chi connectivity index (χ2v) is 21.2. The fourth-order valence-corrected chi connectivity index (χ4v) is 13.5. The van der Waals surface area contributed by atoms with Gasteiger partial charge in [0.15, 0.2) is 0 Å². The molecule has 0 fully saturated rings. The van der Waals surface area contributed by atoms with Crippen LogP contribution >= 0.6 is 0 Å². The van der Waals surface area contributed by atoms with Gasteiger partial charge in [0.1, 0.15) is 0 Å². The van der Waals surface area contributed by atoms with Crippen molar-refractivity contribution in [1.82, 2.24) is 28.2 Å². The van der Waals surface area contributed by atoms with Crippen molar-refractivity contribution in [3.8, 4) is 67.6 Å². The largest absolute Gasteiger partial charge is 0.309 e. The molecule has 0 aliphatic heterocycles. The van der Waals surface area contributed by atoms with Gasteiger partial charge in [-0.3, -0.25) is 4.98 Å². The summed E-state index contributed by atoms with van der Waals surface area (Å²) in [7, 11) is 0. The molecule has 0 spiro atoms. The first-order chi connectivity index (χ1) is 40.7. The van der Waals surface area contributed by atoms with Gasteiger partial charge in [0.25, 0.3) is 0 Å². The first-order valence-electron chi connectivity index (χ1n) is 28.0. The van der Waals surface area contributed by atoms with Crippen LogP contribution in [-0.4, -0.2) is 28.2 Å². The summed E-state index contributed by atoms with van der Waals surface area (Å²) in [5, 5.41) is 9.63. The number of para-hydroxylation sites is 7. The van der Waals surface area contributed by atoms with Crippen molar-refractivity contribution in [3.63, 3.8) is 0 Å². The molecule has 11 aromatic carbocycles. The molecule has 17 rings (SSSR count). The zero-order valence-electron chi connectivity index (χ0n) is 44.4. The molecule has 382 valence electrons. The van der Waals surface area contributed by atoms with Crippen LogP contribution in [0.5, 0.6) is 0 Å². The van der Waals surface area contributed by atoms with Gasteiger partial charge in [-0.2, -0.15) is 0 Å². The predicted molar refractivity (Wildman–Crippen MR) is 341 cm³/mol. The first kappa shape index (κ1) is 45.9. The molecule has 0 aliphatic rings. The van der Waals surface area contributed by atoms with Gasteiger partial charge < -0.3 is 18.3 Å². The maximum Gasteiger partial charge on any atom is 0.0899 e. The summed E-state index contributed by atoms with van der Waals surface area (Å²) in [5.74, 6) is 0. The molecule has 0 radical (unpaired) electrons. The Bertz CT molecular complexity index is 5240. The molecule has 0 saturated carbocycles. The Kier molecular flexibility index (Phi) is 10.2. The van der Waals surface area contributed by atoms with E-state index in [1.807, 2.05) is 18.3 Å². The Morgan fingerprint density at radius 1 is 0.232 bits per heavy atom. The first-order valence-corrected chi connectivity index (χ1v) is 28.0. The van der Waals surface area contributed by atoms with E-state index in [0.29, 0.717) is 0 Å². The summed E-state index contributed by atoms with van der Waals surface area (Å²) in [6, 6.07) is 103. The van der Waals surface area contributed by atoms with Crippen LogP contribution in [-0.2, 0) is 0 Å². The molecule has 0 amide bonds. The number of aromatic nitrogens is 6. The molecule has 0 atom stereocenters. The average Bonchev–Trinajstić information content (AvgIpc) is 4.43. The fraction of sp³-hybridized carbons (Fsp3) is 0. The Balaban J connectivity index is 0.979. The van der Waals surface area contributed by atoms with E-state index >= 15 is 0 Å². The van der Waals surface area contributed by atoms with E-state index in [1.54, 1.807) is 0 Å². The van der Waals surface area contributed by atoms with Gasteiger partial charge in [-0.1, -0.05) is 188 Å². The van der Waals surface area contributed by atoms with Crippen LogP contribution < -0.4 is 0 Å². The lowest BCUT2D eigenvalue weighted by atomic mass is 9.92. The molecule has 6 nitrogen and oxygen atoms in total. The van der Waals surface area contributed by atoms with Gasteiger partial charge in [-0.15, -0.1) is 0 Å². The van der Waals surface area contributed by atoms with Crippen molar-refractivity contribution in [1.29, 1.82) is 0 Å². The minimum Gasteiger partial charge on any atom is -0.309 e. The predicted octanol–water partition coefficient (Wildman–Crippen LogP) is 19.5. The normalized spacial score (nSPS) is 11.9. The molecule has 82 heavy (non-hydrogen) atoms. The SMILES string of the molecule is c1ccc(-c2cc(-c3ccccn3)nc(-c3c(-c4ccccc4-n4c5ccccc5c5c(-n6c7ccccc7c7ccccc76)cccc54)cccc3-n3c4ccccc4c4c(-n5c6ccccc6c6ccccc65)cccc43)c2)cc1. The molecule has 0 aliphatic carbocycles. The van der Waals surface area contributed by atoms with Crippen LogP contribution in [0.3, 0.4) is 0 Å². The van der Waals surface area contributed by atoms with Crippen LogP contribution in [0.4, 0.5) is 0 Å². The van der Waals surface area contributed by atoms with Gasteiger partial charge in [0.2, 0.25) is 0 Å². The molecule has 0 N–H and O–H groups in total. The lowest BCUT2D eigenvalue weighted by Crippen LogP contribution is -2.04. The molecule has 0 bridgehead atoms. The van der Waals surface area contributed by atoms with E-state index < -0.39 is 0 Å². The lowest BCUT2D eigenvalue weighted by molar-refractivity contribution is 1.16. The minimum absolute atomic E-state index is 0.793. The summed E-state index contributed by atoms with van der Waals surface area (Å²) in [5.41, 5.74) is 21.2. The quantitative estimate of drug-likeness (QED) is 0.152. The monoisotopic (exact) mass is 1040 g/mol. The molecule has 17 aromatic rings. The smallest absolute Gasteiger partial charge is 0.0899 e. The third-order valence-corrected chi connectivity index (χ3v) is 16.8. The molecule has 6 aromatic heterocycles. The molecule has 6 heteroatoms. The van der Waals surface area contributed by atoms with E-state index in [2.05, 4.69) is 291 Å². The number of rotatable bonds is 8. The highest BCUT2D eigenvalue weighted by atomic mass is 15.0. The molecule has 0 unspecified atom stereocenters. The van der Waals surface area contributed by atoms with E-state index in [9.17, 15) is 0 Å². The average molecular weight is 1050 g/mol. The van der Waals surface area contributed by atoms with E-state index in [1.165, 1.54) is 59.8 Å². The number of fused-ring (bicyclic) bond motifs is 12. The van der Waals surface area contributed by atoms with Crippen molar-refractivity contribution >= 4 is 87.2 Å². The third-order valence-electron chi connectivity index (χ3n) is 16.8. The number of hydrogen-bond donors (Lipinski definition) is 0. The van der Waals surface area contributed by atoms with Gasteiger partial charge in [-0.25, -0.2) is 4.98 Å². The van der Waals surface area contributed by atoms with Gasteiger partial charge >= 0.3 is 0 Å². The Labute approximate surface area is 471 Å². The Hall–Kier alpha value is -11.1. The topological polar surface area (TPSA) is 45.5 Å². The van der Waals surface area contributed by atoms with Crippen molar-refractivity contribution in [2.75, 3.05) is 0 Å². The maximum absolute atomic E-state index is 5.74. The number of nitrogens with zero attached hydrogens (tertiary/aromatic N) is 6. The zero-order valence-corrected chi connectivity index (χ0v) is 44.4. The van der Waals surface area contributed by atoms with Gasteiger partial charge in [0, 0.05) is 60.4 Å². The van der Waals surface area contributed by atoms with Crippen LogP contribution in [0.1, 0.15) is 0 Å². The summed E-state index contributed by atoms with van der Waals surface area (Å²) in [4.78, 5) is 10.7. The maximum atomic E-state index is 5.74. The Morgan fingerprint density at radius 3 is 1.15 bits per heavy atom. The number of benzene rings is 11. The highest BCUT2D eigenvalue weighted by Crippen LogP contribution is 2.47. The molecular weight excluding hydrogens is 997 g/mol. The molecular formula is C76H48N6. The van der Waals surface area contributed by atoms with Crippen molar-refractivity contribution in [3.05, 3.63) is 291 Å². The lowest BCUT2D eigenvalue weighted by Gasteiger charge is -2.21. The van der Waals surface area contributed by atoms with Crippen LogP contribution in [0.25, 0.3) is 155 Å². The van der Waals surface area contributed by atoms with Crippen LogP contribution in [0.15, 0.2) is 291 Å². The second kappa shape index (κ2) is 18.2. The summed E-state index contributed by atoms with van der Waals surface area (Å²) >= 11 is 0. The zero-order chi connectivity index (χ0) is 53.8. The van der Waals surface area contributed by atoms with Crippen LogP contribution in [0.2, 0.25) is 0 Å². The standard InChI is InChI=1S/C76H48N6/c1-2-23-49(24-3-1)50-47-60(59-33-18-19-46-77-59)78-61(48-50)74-56(32-20-41-69(74)82-68-40-17-10-31-58(68)76-71(43-22-45-73(76)82)80-64-36-13-6-27-53(64)54-28-7-14-37-65(54)80)55-29-8-15-38-66(55)81-67-39-16-9-30-57(67)75-70(42-21-44-72(75)81)79-62-34-11-4-25-51(62)52-26-5-12-35-63(52)79/h1-48H. The molecule has 6 heterocycles. The highest BCUT2D eigenvalue weighted by Gasteiger charge is 2.27. The second-order valence-electron chi connectivity index (χ2n) is 21.2. The fourth-order valence-electron chi connectivity index (χ4n) is 13.5.